The Morgan fingerprint density at radius 2 is 1.14 bits per heavy atom. The molecule has 0 spiro atoms. The molecule has 0 radical (unpaired) electrons. The molecule has 0 atom stereocenters. The molecule has 0 aliphatic heterocycles. The molecule has 0 saturated carbocycles. The third-order valence-corrected chi connectivity index (χ3v) is 0. The molecule has 36 valence electrons. The summed E-state index contributed by atoms with van der Waals surface area (Å²) in [5.74, 6) is 1.42. The van der Waals surface area contributed by atoms with Crippen molar-refractivity contribution in [1.82, 2.24) is 0 Å². The maximum Gasteiger partial charge on any atom is 2.00 e. The van der Waals surface area contributed by atoms with Gasteiger partial charge in [-0.1, -0.05) is 0 Å². The van der Waals surface area contributed by atoms with Crippen LogP contribution in [0.3, 0.4) is 0 Å². The quantitative estimate of drug-likeness (QED) is 0.249. The van der Waals surface area contributed by atoms with E-state index in [2.05, 4.69) is 27.2 Å². The van der Waals surface area contributed by atoms with Gasteiger partial charge < -0.3 is 18.8 Å². The molecule has 0 nitrogen and oxygen atoms in total. The maximum absolute atomic E-state index is 5.25. The third kappa shape index (κ3) is 1110. The second-order valence-electron chi connectivity index (χ2n) is 1.50. The van der Waals surface area contributed by atoms with Gasteiger partial charge in [-0.15, -0.1) is 0 Å². The second-order valence-corrected chi connectivity index (χ2v) is 1.50. The zero-order valence-corrected chi connectivity index (χ0v) is 6.70. The summed E-state index contributed by atoms with van der Waals surface area (Å²) in [5.41, 5.74) is 0. The van der Waals surface area contributed by atoms with Crippen LogP contribution in [0.4, 0.5) is 0 Å². The predicted octanol–water partition coefficient (Wildman–Crippen LogP) is 1.45. The van der Waals surface area contributed by atoms with Crippen LogP contribution >= 0.6 is 0 Å². The van der Waals surface area contributed by atoms with Crippen molar-refractivity contribution in [2.45, 2.75) is 20.8 Å². The Balaban J connectivity index is -0.0000000480. The smallest absolute Gasteiger partial charge is 0.697 e. The number of rotatable bonds is 0. The van der Waals surface area contributed by atoms with Crippen molar-refractivity contribution in [3.05, 3.63) is 12.3 Å². The largest absolute Gasteiger partial charge is 2.00 e. The number of hydrogen-bond acceptors (Lipinski definition) is 0. The van der Waals surface area contributed by atoms with Gasteiger partial charge in [0.2, 0.25) is 0 Å². The second kappa shape index (κ2) is 16.2. The summed E-state index contributed by atoms with van der Waals surface area (Å²) in [6.07, 6.45) is 9.00. The van der Waals surface area contributed by atoms with Gasteiger partial charge in [0.1, 0.15) is 0 Å². The van der Waals surface area contributed by atoms with E-state index < -0.39 is 0 Å². The van der Waals surface area contributed by atoms with Crippen LogP contribution in [-0.4, -0.2) is 23.1 Å². The molecule has 0 aromatic carbocycles. The zero-order chi connectivity index (χ0) is 5.58. The van der Waals surface area contributed by atoms with Crippen molar-refractivity contribution >= 4 is 23.1 Å². The van der Waals surface area contributed by atoms with Crippen molar-refractivity contribution in [3.8, 4) is 6.42 Å². The van der Waals surface area contributed by atoms with Crippen LogP contribution in [-0.2, 0) is 0 Å². The average molecular weight is 106 g/mol. The van der Waals surface area contributed by atoms with Gasteiger partial charge in [-0.05, 0) is 0 Å². The Morgan fingerprint density at radius 1 is 1.14 bits per heavy atom. The van der Waals surface area contributed by atoms with Crippen LogP contribution in [0.15, 0.2) is 0 Å². The van der Waals surface area contributed by atoms with Gasteiger partial charge in [0.15, 0.2) is 0 Å². The fraction of sp³-hybridized carbons (Fsp3) is 0.500. The van der Waals surface area contributed by atoms with Crippen LogP contribution in [0, 0.1) is 18.8 Å². The van der Waals surface area contributed by atoms with E-state index >= 15 is 0 Å². The molecule has 0 fully saturated rings. The van der Waals surface area contributed by atoms with Gasteiger partial charge in [0, 0.05) is 0 Å². The summed E-state index contributed by atoms with van der Waals surface area (Å²) < 4.78 is 0. The molecule has 0 aromatic heterocycles. The zero-order valence-electron chi connectivity index (χ0n) is 5.28. The molecule has 0 saturated heterocycles. The van der Waals surface area contributed by atoms with E-state index in [0.29, 0.717) is 0 Å². The molecule has 1 heteroatoms. The third-order valence-electron chi connectivity index (χ3n) is 0. The molecular weight excluding hydrogens is 96.4 g/mol. The molecule has 0 aliphatic rings. The predicted molar refractivity (Wildman–Crippen MR) is 34.2 cm³/mol. The van der Waals surface area contributed by atoms with Crippen LogP contribution in [0.5, 0.6) is 0 Å². The fourth-order valence-corrected chi connectivity index (χ4v) is 0. The monoisotopic (exact) mass is 106 g/mol. The van der Waals surface area contributed by atoms with Gasteiger partial charge >= 0.3 is 23.1 Å². The molecule has 0 aliphatic carbocycles. The van der Waals surface area contributed by atoms with E-state index in [0.717, 1.165) is 0 Å². The van der Waals surface area contributed by atoms with Crippen LogP contribution in [0.2, 0.25) is 0 Å². The van der Waals surface area contributed by atoms with Gasteiger partial charge in [0.25, 0.3) is 0 Å². The summed E-state index contributed by atoms with van der Waals surface area (Å²) in [6.45, 7) is 6.25. The Labute approximate surface area is 62.8 Å². The van der Waals surface area contributed by atoms with Crippen molar-refractivity contribution in [3.63, 3.8) is 0 Å². The Morgan fingerprint density at radius 3 is 1.14 bits per heavy atom. The summed E-state index contributed by atoms with van der Waals surface area (Å²) >= 11 is 0. The molecule has 0 amide bonds. The molecule has 0 rings (SSSR count). The number of hydrogen-bond donors (Lipinski definition) is 0. The van der Waals surface area contributed by atoms with E-state index in [-0.39, 0.29) is 23.1 Å². The average Bonchev–Trinajstić information content (AvgIpc) is 1.41. The molecule has 0 N–H and O–H groups in total. The van der Waals surface area contributed by atoms with Crippen molar-refractivity contribution < 1.29 is 0 Å². The first-order valence-corrected chi connectivity index (χ1v) is 1.79. The Hall–Kier alpha value is 0.326. The van der Waals surface area contributed by atoms with E-state index in [1.165, 1.54) is 5.92 Å². The minimum atomic E-state index is 0. The molecule has 0 bridgehead atoms. The topological polar surface area (TPSA) is 0 Å². The molecule has 7 heavy (non-hydrogen) atoms. The maximum atomic E-state index is 5.25. The van der Waals surface area contributed by atoms with Crippen LogP contribution in [0.25, 0.3) is 0 Å². The van der Waals surface area contributed by atoms with Gasteiger partial charge in [-0.3, -0.25) is 0 Å². The molecule has 0 aromatic rings. The van der Waals surface area contributed by atoms with Crippen LogP contribution < -0.4 is 0 Å². The SMILES string of the molecule is C[C-](C)C.[C-]#C.[Mg+2]. The fourth-order valence-electron chi connectivity index (χ4n) is 0. The molecule has 0 heterocycles. The van der Waals surface area contributed by atoms with Crippen molar-refractivity contribution in [2.24, 2.45) is 0 Å². The Kier molecular flexibility index (Phi) is 36.3. The normalized spacial score (nSPS) is 5.43. The summed E-state index contributed by atoms with van der Waals surface area (Å²) in [7, 11) is 0. The standard InChI is InChI=1S/C4H9.C2H.Mg/c1-4(2)3;1-2;/h1-3H3;1H;/q2*-1;+2. The minimum absolute atomic E-state index is 0. The van der Waals surface area contributed by atoms with Gasteiger partial charge in [-0.25, -0.2) is 0 Å². The van der Waals surface area contributed by atoms with Gasteiger partial charge in [0.05, 0.1) is 0 Å². The van der Waals surface area contributed by atoms with E-state index in [1.54, 1.807) is 0 Å². The summed E-state index contributed by atoms with van der Waals surface area (Å²) in [5, 5.41) is 0. The van der Waals surface area contributed by atoms with Gasteiger partial charge in [-0.2, -0.15) is 20.8 Å². The summed E-state index contributed by atoms with van der Waals surface area (Å²) in [6, 6.07) is 0. The van der Waals surface area contributed by atoms with E-state index in [9.17, 15) is 0 Å². The van der Waals surface area contributed by atoms with E-state index in [1.807, 2.05) is 0 Å². The van der Waals surface area contributed by atoms with Crippen molar-refractivity contribution in [2.75, 3.05) is 0 Å². The number of terminal acetylenes is 1. The molecular formula is C6H10Mg. The first kappa shape index (κ1) is 15.7. The first-order chi connectivity index (χ1) is 2.73. The summed E-state index contributed by atoms with van der Waals surface area (Å²) in [4.78, 5) is 0. The van der Waals surface area contributed by atoms with E-state index in [4.69, 9.17) is 6.42 Å². The minimum Gasteiger partial charge on any atom is -0.697 e. The first-order valence-electron chi connectivity index (χ1n) is 1.79. The van der Waals surface area contributed by atoms with Crippen LogP contribution in [0.1, 0.15) is 20.8 Å². The Bertz CT molecular complexity index is 25.7. The van der Waals surface area contributed by atoms with Crippen molar-refractivity contribution in [1.29, 1.82) is 0 Å². The molecule has 0 unspecified atom stereocenters.